The number of aliphatic imine (C=N–C) groups is 1. The molecule has 0 unspecified atom stereocenters. The standard InChI is InChI=1S/C29H41N3O3/c1-3-34-28-22-26(25-16-14-20-30-25)32-27(28)21-24-19-18-23(31-24)15-12-10-8-6-5-7-9-11-13-17-29(33)35-4-2/h14,16,18-22,30,32H,3-13,15,17H2,1-2H3. The molecule has 0 radical (unpaired) electrons. The average Bonchev–Trinajstić information content (AvgIpc) is 3.60. The van der Waals surface area contributed by atoms with Crippen molar-refractivity contribution in [1.82, 2.24) is 9.97 Å². The molecule has 1 aliphatic heterocycles. The zero-order valence-corrected chi connectivity index (χ0v) is 21.4. The highest BCUT2D eigenvalue weighted by atomic mass is 16.5. The van der Waals surface area contributed by atoms with Gasteiger partial charge in [0.25, 0.3) is 0 Å². The first-order chi connectivity index (χ1) is 17.2. The van der Waals surface area contributed by atoms with E-state index in [-0.39, 0.29) is 5.97 Å². The van der Waals surface area contributed by atoms with Gasteiger partial charge in [0.15, 0.2) is 0 Å². The molecule has 2 aromatic heterocycles. The average molecular weight is 480 g/mol. The fourth-order valence-corrected chi connectivity index (χ4v) is 4.31. The number of H-pyrrole nitrogens is 2. The van der Waals surface area contributed by atoms with Crippen LogP contribution in [0.2, 0.25) is 0 Å². The molecule has 3 rings (SSSR count). The van der Waals surface area contributed by atoms with E-state index < -0.39 is 0 Å². The van der Waals surface area contributed by atoms with Gasteiger partial charge in [0.2, 0.25) is 0 Å². The molecule has 0 saturated carbocycles. The Hall–Kier alpha value is -3.02. The Morgan fingerprint density at radius 3 is 2.37 bits per heavy atom. The number of hydrogen-bond donors (Lipinski definition) is 2. The van der Waals surface area contributed by atoms with Crippen LogP contribution in [0, 0.1) is 0 Å². The van der Waals surface area contributed by atoms with Gasteiger partial charge in [-0.1, -0.05) is 44.9 Å². The Morgan fingerprint density at radius 2 is 1.69 bits per heavy atom. The van der Waals surface area contributed by atoms with Crippen LogP contribution < -0.4 is 4.74 Å². The van der Waals surface area contributed by atoms with E-state index in [2.05, 4.69) is 28.2 Å². The van der Waals surface area contributed by atoms with E-state index in [1.807, 2.05) is 38.2 Å². The first-order valence-corrected chi connectivity index (χ1v) is 13.3. The van der Waals surface area contributed by atoms with Crippen LogP contribution in [0.25, 0.3) is 17.5 Å². The lowest BCUT2D eigenvalue weighted by molar-refractivity contribution is -0.143. The number of esters is 1. The minimum Gasteiger partial charge on any atom is -0.492 e. The van der Waals surface area contributed by atoms with Crippen LogP contribution >= 0.6 is 0 Å². The number of allylic oxidation sites excluding steroid dienone is 2. The molecule has 0 aliphatic carbocycles. The molecular formula is C29H41N3O3. The van der Waals surface area contributed by atoms with Gasteiger partial charge in [-0.05, 0) is 63.5 Å². The molecule has 0 amide bonds. The predicted molar refractivity (Wildman–Crippen MR) is 144 cm³/mol. The summed E-state index contributed by atoms with van der Waals surface area (Å²) in [5.41, 5.74) is 5.11. The number of unbranched alkanes of at least 4 members (excludes halogenated alkanes) is 8. The molecule has 0 atom stereocenters. The summed E-state index contributed by atoms with van der Waals surface area (Å²) in [5.74, 6) is 0.790. The van der Waals surface area contributed by atoms with Crippen LogP contribution in [-0.4, -0.2) is 34.9 Å². The van der Waals surface area contributed by atoms with Crippen LogP contribution in [-0.2, 0) is 9.53 Å². The third-order valence-corrected chi connectivity index (χ3v) is 6.13. The molecule has 35 heavy (non-hydrogen) atoms. The third kappa shape index (κ3) is 9.27. The maximum absolute atomic E-state index is 11.3. The maximum Gasteiger partial charge on any atom is 0.305 e. The van der Waals surface area contributed by atoms with E-state index in [0.717, 1.165) is 53.5 Å². The quantitative estimate of drug-likeness (QED) is 0.181. The second-order valence-electron chi connectivity index (χ2n) is 8.97. The smallest absolute Gasteiger partial charge is 0.305 e. The molecule has 0 aromatic carbocycles. The van der Waals surface area contributed by atoms with Crippen LogP contribution in [0.3, 0.4) is 0 Å². The van der Waals surface area contributed by atoms with Gasteiger partial charge in [-0.2, -0.15) is 0 Å². The molecule has 1 aliphatic rings. The third-order valence-electron chi connectivity index (χ3n) is 6.13. The fourth-order valence-electron chi connectivity index (χ4n) is 4.31. The molecule has 0 saturated heterocycles. The first kappa shape index (κ1) is 26.6. The van der Waals surface area contributed by atoms with Crippen molar-refractivity contribution in [2.75, 3.05) is 13.2 Å². The van der Waals surface area contributed by atoms with Gasteiger partial charge in [-0.3, -0.25) is 9.79 Å². The summed E-state index contributed by atoms with van der Waals surface area (Å²) in [7, 11) is 0. The molecule has 0 spiro atoms. The van der Waals surface area contributed by atoms with Crippen LogP contribution in [0.4, 0.5) is 0 Å². The van der Waals surface area contributed by atoms with Crippen molar-refractivity contribution in [2.45, 2.75) is 84.5 Å². The largest absolute Gasteiger partial charge is 0.492 e. The summed E-state index contributed by atoms with van der Waals surface area (Å²) < 4.78 is 10.8. The van der Waals surface area contributed by atoms with Gasteiger partial charge in [-0.25, -0.2) is 0 Å². The zero-order valence-electron chi connectivity index (χ0n) is 21.4. The lowest BCUT2D eigenvalue weighted by Crippen LogP contribution is -2.03. The number of ether oxygens (including phenoxy) is 2. The number of carbonyl (C=O) groups excluding carboxylic acids is 1. The SMILES string of the molecule is CCOC(=O)CCCCCCCCCCCC1=NC(=Cc2[nH]c(-c3ccc[nH]3)cc2OCC)C=C1. The van der Waals surface area contributed by atoms with E-state index in [9.17, 15) is 4.79 Å². The Bertz CT molecular complexity index is 983. The highest BCUT2D eigenvalue weighted by molar-refractivity contribution is 5.99. The summed E-state index contributed by atoms with van der Waals surface area (Å²) in [6.07, 6.45) is 20.7. The van der Waals surface area contributed by atoms with Crippen molar-refractivity contribution < 1.29 is 14.3 Å². The van der Waals surface area contributed by atoms with Gasteiger partial charge < -0.3 is 19.4 Å². The van der Waals surface area contributed by atoms with E-state index in [0.29, 0.717) is 19.6 Å². The predicted octanol–water partition coefficient (Wildman–Crippen LogP) is 7.61. The molecular weight excluding hydrogens is 438 g/mol. The number of rotatable bonds is 17. The molecule has 190 valence electrons. The zero-order chi connectivity index (χ0) is 24.7. The lowest BCUT2D eigenvalue weighted by atomic mass is 10.0. The Labute approximate surface area is 209 Å². The van der Waals surface area contributed by atoms with Crippen LogP contribution in [0.15, 0.2) is 47.2 Å². The number of hydrogen-bond acceptors (Lipinski definition) is 4. The summed E-state index contributed by atoms with van der Waals surface area (Å²) >= 11 is 0. The maximum atomic E-state index is 11.3. The van der Waals surface area contributed by atoms with Crippen molar-refractivity contribution >= 4 is 17.8 Å². The summed E-state index contributed by atoms with van der Waals surface area (Å²) in [6.45, 7) is 4.96. The fraction of sp³-hybridized carbons (Fsp3) is 0.517. The first-order valence-electron chi connectivity index (χ1n) is 13.3. The van der Waals surface area contributed by atoms with E-state index in [4.69, 9.17) is 14.5 Å². The van der Waals surface area contributed by atoms with Crippen molar-refractivity contribution in [3.05, 3.63) is 47.9 Å². The Morgan fingerprint density at radius 1 is 0.943 bits per heavy atom. The number of aromatic amines is 2. The van der Waals surface area contributed by atoms with E-state index in [1.165, 1.54) is 44.9 Å². The van der Waals surface area contributed by atoms with Crippen molar-refractivity contribution in [1.29, 1.82) is 0 Å². The van der Waals surface area contributed by atoms with Crippen molar-refractivity contribution in [3.8, 4) is 17.1 Å². The number of aromatic nitrogens is 2. The van der Waals surface area contributed by atoms with Crippen molar-refractivity contribution in [2.24, 2.45) is 4.99 Å². The van der Waals surface area contributed by atoms with Crippen LogP contribution in [0.1, 0.15) is 90.2 Å². The van der Waals surface area contributed by atoms with Gasteiger partial charge in [0.1, 0.15) is 5.75 Å². The van der Waals surface area contributed by atoms with E-state index >= 15 is 0 Å². The number of nitrogens with zero attached hydrogens (tertiary/aromatic N) is 1. The monoisotopic (exact) mass is 479 g/mol. The minimum atomic E-state index is -0.0574. The Kier molecular flexibility index (Phi) is 11.4. The Balaban J connectivity index is 1.31. The molecule has 2 aromatic rings. The topological polar surface area (TPSA) is 79.5 Å². The molecule has 0 bridgehead atoms. The summed E-state index contributed by atoms with van der Waals surface area (Å²) in [4.78, 5) is 22.8. The highest BCUT2D eigenvalue weighted by Crippen LogP contribution is 2.29. The van der Waals surface area contributed by atoms with Gasteiger partial charge in [0, 0.05) is 24.4 Å². The lowest BCUT2D eigenvalue weighted by Gasteiger charge is -2.03. The molecule has 0 fully saturated rings. The van der Waals surface area contributed by atoms with Crippen LogP contribution in [0.5, 0.6) is 5.75 Å². The van der Waals surface area contributed by atoms with Gasteiger partial charge in [-0.15, -0.1) is 0 Å². The molecule has 6 heteroatoms. The second kappa shape index (κ2) is 15.1. The van der Waals surface area contributed by atoms with Gasteiger partial charge in [0.05, 0.1) is 36.0 Å². The molecule has 3 heterocycles. The molecule has 6 nitrogen and oxygen atoms in total. The highest BCUT2D eigenvalue weighted by Gasteiger charge is 2.12. The van der Waals surface area contributed by atoms with Gasteiger partial charge >= 0.3 is 5.97 Å². The molecule has 2 N–H and O–H groups in total. The van der Waals surface area contributed by atoms with E-state index in [1.54, 1.807) is 0 Å². The number of nitrogens with one attached hydrogen (secondary N) is 2. The minimum absolute atomic E-state index is 0.0574. The normalized spacial score (nSPS) is 14.0. The summed E-state index contributed by atoms with van der Waals surface area (Å²) in [5, 5.41) is 0. The summed E-state index contributed by atoms with van der Waals surface area (Å²) in [6, 6.07) is 6.06. The second-order valence-corrected chi connectivity index (χ2v) is 8.97. The number of carbonyl (C=O) groups is 1. The van der Waals surface area contributed by atoms with Crippen molar-refractivity contribution in [3.63, 3.8) is 0 Å².